The Balaban J connectivity index is 1.31. The predicted molar refractivity (Wildman–Crippen MR) is 212 cm³/mol. The summed E-state index contributed by atoms with van der Waals surface area (Å²) in [5, 5.41) is 9.31. The minimum absolute atomic E-state index is 0.0979. The summed E-state index contributed by atoms with van der Waals surface area (Å²) in [5.41, 5.74) is 13.1. The Kier molecular flexibility index (Phi) is 8.36. The van der Waals surface area contributed by atoms with Gasteiger partial charge < -0.3 is 0 Å². The van der Waals surface area contributed by atoms with Gasteiger partial charge in [-0.1, -0.05) is 137 Å². The van der Waals surface area contributed by atoms with Crippen LogP contribution in [0.3, 0.4) is 0 Å². The van der Waals surface area contributed by atoms with Crippen LogP contribution in [0.4, 0.5) is 0 Å². The molecule has 0 N–H and O–H groups in total. The molecule has 6 aromatic carbocycles. The molecule has 0 fully saturated rings. The summed E-state index contributed by atoms with van der Waals surface area (Å²) in [6.45, 7) is 9.50. The van der Waals surface area contributed by atoms with Crippen molar-refractivity contribution in [1.82, 2.24) is 15.0 Å². The van der Waals surface area contributed by atoms with E-state index in [1.165, 1.54) is 23.1 Å². The highest BCUT2D eigenvalue weighted by molar-refractivity contribution is 5.81. The molecule has 1 aliphatic rings. The van der Waals surface area contributed by atoms with Crippen LogP contribution in [-0.4, -0.2) is 15.0 Å². The lowest BCUT2D eigenvalue weighted by Crippen LogP contribution is -2.33. The van der Waals surface area contributed by atoms with Gasteiger partial charge in [-0.2, -0.15) is 5.26 Å². The van der Waals surface area contributed by atoms with Crippen molar-refractivity contribution in [2.24, 2.45) is 0 Å². The van der Waals surface area contributed by atoms with Crippen molar-refractivity contribution in [2.45, 2.75) is 51.4 Å². The third kappa shape index (κ3) is 6.43. The fourth-order valence-corrected chi connectivity index (χ4v) is 7.41. The standard InChI is InChI=1S/C48H40N4/c1-47(2)24-25-48(3,4)43-30-37(22-23-42(43)47)40-27-39(33-12-7-5-8-13-33)28-41(29-40)46-51-44(35-14-9-6-10-15-35)50-45(52-46)38-17-11-16-36(26-38)34-20-18-32(31-49)19-21-34/h5-23,26-30H,24-25H2,1-4H3. The Morgan fingerprint density at radius 3 is 1.50 bits per heavy atom. The van der Waals surface area contributed by atoms with Crippen molar-refractivity contribution >= 4 is 0 Å². The molecule has 7 aromatic rings. The Morgan fingerprint density at radius 1 is 0.404 bits per heavy atom. The van der Waals surface area contributed by atoms with Gasteiger partial charge in [0.15, 0.2) is 17.5 Å². The minimum atomic E-state index is 0.0979. The second-order valence-electron chi connectivity index (χ2n) is 15.1. The van der Waals surface area contributed by atoms with Gasteiger partial charge in [0.25, 0.3) is 0 Å². The second-order valence-corrected chi connectivity index (χ2v) is 15.1. The Bertz CT molecular complexity index is 2450. The predicted octanol–water partition coefficient (Wildman–Crippen LogP) is 12.1. The zero-order valence-electron chi connectivity index (χ0n) is 30.1. The molecule has 0 radical (unpaired) electrons. The summed E-state index contributed by atoms with van der Waals surface area (Å²) < 4.78 is 0. The van der Waals surface area contributed by atoms with Crippen molar-refractivity contribution in [3.8, 4) is 73.6 Å². The monoisotopic (exact) mass is 672 g/mol. The van der Waals surface area contributed by atoms with E-state index in [9.17, 15) is 5.26 Å². The summed E-state index contributed by atoms with van der Waals surface area (Å²) in [6, 6.07) is 52.5. The molecule has 0 spiro atoms. The molecule has 1 heterocycles. The van der Waals surface area contributed by atoms with Gasteiger partial charge in [0, 0.05) is 16.7 Å². The van der Waals surface area contributed by atoms with Crippen molar-refractivity contribution in [1.29, 1.82) is 5.26 Å². The van der Waals surface area contributed by atoms with Crippen LogP contribution in [0.25, 0.3) is 67.5 Å². The van der Waals surface area contributed by atoms with E-state index in [2.05, 4.69) is 113 Å². The van der Waals surface area contributed by atoms with Crippen LogP contribution in [0, 0.1) is 11.3 Å². The van der Waals surface area contributed by atoms with Gasteiger partial charge in [-0.3, -0.25) is 0 Å². The second kappa shape index (κ2) is 13.2. The zero-order valence-corrected chi connectivity index (χ0v) is 30.1. The van der Waals surface area contributed by atoms with Crippen molar-refractivity contribution in [3.63, 3.8) is 0 Å². The van der Waals surface area contributed by atoms with E-state index in [1.807, 2.05) is 66.7 Å². The van der Waals surface area contributed by atoms with Crippen LogP contribution in [0.2, 0.25) is 0 Å². The third-order valence-corrected chi connectivity index (χ3v) is 10.6. The molecule has 0 saturated carbocycles. The normalized spacial score (nSPS) is 14.3. The van der Waals surface area contributed by atoms with Gasteiger partial charge in [-0.05, 0) is 105 Å². The minimum Gasteiger partial charge on any atom is -0.208 e. The summed E-state index contributed by atoms with van der Waals surface area (Å²) in [6.07, 6.45) is 2.34. The van der Waals surface area contributed by atoms with Crippen LogP contribution in [0.1, 0.15) is 57.2 Å². The summed E-state index contributed by atoms with van der Waals surface area (Å²) in [5.74, 6) is 1.84. The maximum atomic E-state index is 9.31. The maximum Gasteiger partial charge on any atom is 0.164 e. The van der Waals surface area contributed by atoms with E-state index in [-0.39, 0.29) is 10.8 Å². The zero-order chi connectivity index (χ0) is 35.9. The Hall–Kier alpha value is -6.18. The Morgan fingerprint density at radius 2 is 0.846 bits per heavy atom. The molecule has 0 atom stereocenters. The van der Waals surface area contributed by atoms with E-state index in [0.717, 1.165) is 50.9 Å². The highest BCUT2D eigenvalue weighted by Crippen LogP contribution is 2.47. The summed E-state index contributed by atoms with van der Waals surface area (Å²) in [4.78, 5) is 15.3. The largest absolute Gasteiger partial charge is 0.208 e. The average Bonchev–Trinajstić information content (AvgIpc) is 3.20. The topological polar surface area (TPSA) is 62.5 Å². The lowest BCUT2D eigenvalue weighted by Gasteiger charge is -2.42. The van der Waals surface area contributed by atoms with Gasteiger partial charge in [0.1, 0.15) is 0 Å². The molecule has 0 unspecified atom stereocenters. The molecule has 1 aliphatic carbocycles. The van der Waals surface area contributed by atoms with E-state index < -0.39 is 0 Å². The number of nitrogens with zero attached hydrogens (tertiary/aromatic N) is 4. The fraction of sp³-hybridized carbons (Fsp3) is 0.167. The van der Waals surface area contributed by atoms with E-state index in [4.69, 9.17) is 15.0 Å². The molecule has 4 nitrogen and oxygen atoms in total. The molecule has 4 heteroatoms. The van der Waals surface area contributed by atoms with Gasteiger partial charge in [0.05, 0.1) is 11.6 Å². The number of hydrogen-bond donors (Lipinski definition) is 0. The number of nitriles is 1. The molecule has 252 valence electrons. The number of fused-ring (bicyclic) bond motifs is 1. The van der Waals surface area contributed by atoms with Crippen LogP contribution in [0.15, 0.2) is 146 Å². The third-order valence-electron chi connectivity index (χ3n) is 10.6. The number of hydrogen-bond acceptors (Lipinski definition) is 4. The molecule has 0 saturated heterocycles. The van der Waals surface area contributed by atoms with Crippen LogP contribution in [0.5, 0.6) is 0 Å². The van der Waals surface area contributed by atoms with Crippen LogP contribution >= 0.6 is 0 Å². The summed E-state index contributed by atoms with van der Waals surface area (Å²) >= 11 is 0. The first kappa shape index (κ1) is 33.0. The molecule has 8 rings (SSSR count). The van der Waals surface area contributed by atoms with Crippen LogP contribution in [-0.2, 0) is 10.8 Å². The van der Waals surface area contributed by atoms with Gasteiger partial charge >= 0.3 is 0 Å². The van der Waals surface area contributed by atoms with E-state index >= 15 is 0 Å². The number of benzene rings is 6. The smallest absolute Gasteiger partial charge is 0.164 e. The number of rotatable bonds is 6. The molecule has 52 heavy (non-hydrogen) atoms. The highest BCUT2D eigenvalue weighted by atomic mass is 15.0. The maximum absolute atomic E-state index is 9.31. The van der Waals surface area contributed by atoms with E-state index in [0.29, 0.717) is 23.0 Å². The van der Waals surface area contributed by atoms with Gasteiger partial charge in [-0.25, -0.2) is 15.0 Å². The molecule has 1 aromatic heterocycles. The lowest BCUT2D eigenvalue weighted by atomic mass is 9.63. The SMILES string of the molecule is CC1(C)CCC(C)(C)c2cc(-c3cc(-c4ccccc4)cc(-c4nc(-c5ccccc5)nc(-c5cccc(-c6ccc(C#N)cc6)c5)n4)c3)ccc21. The molecule has 0 amide bonds. The first-order valence-electron chi connectivity index (χ1n) is 18.0. The number of aromatic nitrogens is 3. The molecule has 0 bridgehead atoms. The van der Waals surface area contributed by atoms with Gasteiger partial charge in [-0.15, -0.1) is 0 Å². The van der Waals surface area contributed by atoms with Gasteiger partial charge in [0.2, 0.25) is 0 Å². The van der Waals surface area contributed by atoms with E-state index in [1.54, 1.807) is 0 Å². The van der Waals surface area contributed by atoms with Crippen molar-refractivity contribution in [2.75, 3.05) is 0 Å². The summed E-state index contributed by atoms with van der Waals surface area (Å²) in [7, 11) is 0. The van der Waals surface area contributed by atoms with Crippen molar-refractivity contribution in [3.05, 3.63) is 162 Å². The highest BCUT2D eigenvalue weighted by Gasteiger charge is 2.37. The first-order chi connectivity index (χ1) is 25.2. The average molecular weight is 673 g/mol. The molecular weight excluding hydrogens is 633 g/mol. The molecular formula is C48H40N4. The quantitative estimate of drug-likeness (QED) is 0.176. The van der Waals surface area contributed by atoms with Crippen molar-refractivity contribution < 1.29 is 0 Å². The Labute approximate surface area is 306 Å². The first-order valence-corrected chi connectivity index (χ1v) is 18.0. The molecule has 0 aliphatic heterocycles. The fourth-order valence-electron chi connectivity index (χ4n) is 7.41. The van der Waals surface area contributed by atoms with Crippen LogP contribution < -0.4 is 0 Å². The lowest BCUT2D eigenvalue weighted by molar-refractivity contribution is 0.332.